The molecule has 0 aliphatic carbocycles. The fourth-order valence-electron chi connectivity index (χ4n) is 1.49. The van der Waals surface area contributed by atoms with E-state index in [-0.39, 0.29) is 0 Å². The van der Waals surface area contributed by atoms with E-state index < -0.39 is 12.0 Å². The maximum absolute atomic E-state index is 10.6. The van der Waals surface area contributed by atoms with Crippen LogP contribution in [0.1, 0.15) is 5.56 Å². The zero-order valence-corrected chi connectivity index (χ0v) is 7.97. The van der Waals surface area contributed by atoms with E-state index in [4.69, 9.17) is 10.8 Å². The smallest absolute Gasteiger partial charge is 0.320 e. The first-order chi connectivity index (χ1) is 7.18. The molecule has 2 aliphatic heterocycles. The topological polar surface area (TPSA) is 92.0 Å². The second-order valence-corrected chi connectivity index (χ2v) is 3.36. The second kappa shape index (κ2) is 3.70. The molecule has 5 nitrogen and oxygen atoms in total. The molecule has 0 saturated carbocycles. The standard InChI is InChI=1S/C10H11N3O2/c11-8(10(14)15)4-6-5-13-9-7(6)2-1-3-12-9/h1-3,5,8H,4,11H2,(H,12,13)(H,14,15). The lowest BCUT2D eigenvalue weighted by Gasteiger charge is -2.06. The lowest BCUT2D eigenvalue weighted by Crippen LogP contribution is -2.32. The Morgan fingerprint density at radius 3 is 3.20 bits per heavy atom. The summed E-state index contributed by atoms with van der Waals surface area (Å²) in [5.41, 5.74) is 7.24. The Kier molecular flexibility index (Phi) is 2.39. The summed E-state index contributed by atoms with van der Waals surface area (Å²) in [6.07, 6.45) is 3.73. The fourth-order valence-corrected chi connectivity index (χ4v) is 1.49. The van der Waals surface area contributed by atoms with Gasteiger partial charge in [0.05, 0.1) is 0 Å². The number of pyridine rings is 1. The predicted molar refractivity (Wildman–Crippen MR) is 54.5 cm³/mol. The SMILES string of the molecule is NC(Cc1cnc2[nH]cccc1-2)C(=O)O. The highest BCUT2D eigenvalue weighted by molar-refractivity contribution is 5.74. The van der Waals surface area contributed by atoms with Crippen molar-refractivity contribution >= 4 is 5.97 Å². The molecule has 0 bridgehead atoms. The maximum Gasteiger partial charge on any atom is 0.320 e. The highest BCUT2D eigenvalue weighted by Gasteiger charge is 2.17. The first kappa shape index (κ1) is 9.67. The molecule has 2 heterocycles. The second-order valence-electron chi connectivity index (χ2n) is 3.36. The van der Waals surface area contributed by atoms with E-state index in [1.54, 1.807) is 12.4 Å². The van der Waals surface area contributed by atoms with E-state index in [2.05, 4.69) is 9.97 Å². The summed E-state index contributed by atoms with van der Waals surface area (Å²) in [5.74, 6) is -0.241. The minimum absolute atomic E-state index is 0.295. The van der Waals surface area contributed by atoms with Crippen LogP contribution in [0, 0.1) is 0 Å². The lowest BCUT2D eigenvalue weighted by molar-refractivity contribution is -0.138. The van der Waals surface area contributed by atoms with E-state index in [1.807, 2.05) is 12.1 Å². The minimum atomic E-state index is -0.996. The van der Waals surface area contributed by atoms with Crippen LogP contribution >= 0.6 is 0 Å². The number of nitrogens with one attached hydrogen (secondary N) is 1. The molecule has 0 fully saturated rings. The predicted octanol–water partition coefficient (Wildman–Crippen LogP) is 0.469. The molecule has 0 spiro atoms. The monoisotopic (exact) mass is 205 g/mol. The summed E-state index contributed by atoms with van der Waals surface area (Å²) >= 11 is 0. The number of fused-ring (bicyclic) bond motifs is 1. The average Bonchev–Trinajstić information content (AvgIpc) is 2.62. The van der Waals surface area contributed by atoms with Crippen LogP contribution < -0.4 is 5.73 Å². The lowest BCUT2D eigenvalue weighted by atomic mass is 10.0. The van der Waals surface area contributed by atoms with Gasteiger partial charge < -0.3 is 15.8 Å². The summed E-state index contributed by atoms with van der Waals surface area (Å²) in [7, 11) is 0. The third-order valence-corrected chi connectivity index (χ3v) is 2.29. The number of aliphatic carboxylic acids is 1. The quantitative estimate of drug-likeness (QED) is 0.679. The van der Waals surface area contributed by atoms with Crippen molar-refractivity contribution in [3.8, 4) is 11.4 Å². The van der Waals surface area contributed by atoms with Gasteiger partial charge in [0.25, 0.3) is 0 Å². The van der Waals surface area contributed by atoms with Crippen molar-refractivity contribution in [1.82, 2.24) is 9.97 Å². The van der Waals surface area contributed by atoms with Gasteiger partial charge in [-0.15, -0.1) is 0 Å². The highest BCUT2D eigenvalue weighted by Crippen LogP contribution is 2.23. The van der Waals surface area contributed by atoms with Gasteiger partial charge in [-0.3, -0.25) is 4.79 Å². The number of hydrogen-bond donors (Lipinski definition) is 3. The highest BCUT2D eigenvalue weighted by atomic mass is 16.4. The Bertz CT molecular complexity index is 452. The van der Waals surface area contributed by atoms with Crippen molar-refractivity contribution in [2.75, 3.05) is 0 Å². The molecular formula is C10H11N3O2. The van der Waals surface area contributed by atoms with Gasteiger partial charge in [-0.25, -0.2) is 4.98 Å². The average molecular weight is 205 g/mol. The molecule has 0 saturated heterocycles. The molecule has 2 rings (SSSR count). The zero-order valence-electron chi connectivity index (χ0n) is 7.97. The molecule has 1 atom stereocenters. The molecule has 0 radical (unpaired) electrons. The van der Waals surface area contributed by atoms with Gasteiger partial charge >= 0.3 is 5.97 Å². The maximum atomic E-state index is 10.6. The Balaban J connectivity index is 2.26. The molecule has 0 aromatic carbocycles. The number of nitrogens with zero attached hydrogens (tertiary/aromatic N) is 1. The first-order valence-corrected chi connectivity index (χ1v) is 4.58. The number of carbonyl (C=O) groups is 1. The largest absolute Gasteiger partial charge is 0.480 e. The number of rotatable bonds is 3. The number of aromatic nitrogens is 2. The van der Waals surface area contributed by atoms with Crippen molar-refractivity contribution < 1.29 is 9.90 Å². The van der Waals surface area contributed by atoms with Gasteiger partial charge in [-0.05, 0) is 17.7 Å². The van der Waals surface area contributed by atoms with Crippen LogP contribution in [0.5, 0.6) is 0 Å². The molecule has 0 aromatic heterocycles. The van der Waals surface area contributed by atoms with Gasteiger partial charge in [0.15, 0.2) is 0 Å². The summed E-state index contributed by atoms with van der Waals surface area (Å²) < 4.78 is 0. The number of H-pyrrole nitrogens is 1. The van der Waals surface area contributed by atoms with E-state index >= 15 is 0 Å². The Morgan fingerprint density at radius 2 is 2.47 bits per heavy atom. The first-order valence-electron chi connectivity index (χ1n) is 4.58. The van der Waals surface area contributed by atoms with Crippen molar-refractivity contribution in [3.63, 3.8) is 0 Å². The van der Waals surface area contributed by atoms with Gasteiger partial charge in [0.2, 0.25) is 0 Å². The Hall–Kier alpha value is -1.88. The summed E-state index contributed by atoms with van der Waals surface area (Å²) in [5, 5.41) is 8.70. The minimum Gasteiger partial charge on any atom is -0.480 e. The van der Waals surface area contributed by atoms with Gasteiger partial charge in [-0.2, -0.15) is 0 Å². The molecule has 0 aromatic rings. The van der Waals surface area contributed by atoms with Crippen LogP contribution in [0.25, 0.3) is 11.4 Å². The van der Waals surface area contributed by atoms with Crippen LogP contribution in [0.4, 0.5) is 0 Å². The number of aromatic amines is 1. The fraction of sp³-hybridized carbons (Fsp3) is 0.200. The summed E-state index contributed by atoms with van der Waals surface area (Å²) in [4.78, 5) is 17.7. The number of nitrogens with two attached hydrogens (primary N) is 1. The van der Waals surface area contributed by atoms with Crippen LogP contribution in [0.3, 0.4) is 0 Å². The van der Waals surface area contributed by atoms with Crippen molar-refractivity contribution in [2.45, 2.75) is 12.5 Å². The van der Waals surface area contributed by atoms with Gasteiger partial charge in [-0.1, -0.05) is 0 Å². The van der Waals surface area contributed by atoms with E-state index in [0.717, 1.165) is 17.0 Å². The van der Waals surface area contributed by atoms with Crippen molar-refractivity contribution in [1.29, 1.82) is 0 Å². The molecule has 5 heteroatoms. The zero-order chi connectivity index (χ0) is 10.8. The van der Waals surface area contributed by atoms with Crippen LogP contribution in [-0.4, -0.2) is 27.1 Å². The van der Waals surface area contributed by atoms with Crippen LogP contribution in [0.2, 0.25) is 0 Å². The number of hydrogen-bond acceptors (Lipinski definition) is 3. The van der Waals surface area contributed by atoms with Crippen molar-refractivity contribution in [2.24, 2.45) is 5.73 Å². The molecule has 2 aliphatic rings. The molecule has 4 N–H and O–H groups in total. The van der Waals surface area contributed by atoms with Crippen LogP contribution in [-0.2, 0) is 11.2 Å². The summed E-state index contributed by atoms with van der Waals surface area (Å²) in [6, 6.07) is 2.86. The molecular weight excluding hydrogens is 194 g/mol. The summed E-state index contributed by atoms with van der Waals surface area (Å²) in [6.45, 7) is 0. The van der Waals surface area contributed by atoms with E-state index in [1.165, 1.54) is 0 Å². The van der Waals surface area contributed by atoms with Gasteiger partial charge in [0, 0.05) is 24.4 Å². The third-order valence-electron chi connectivity index (χ3n) is 2.29. The Morgan fingerprint density at radius 1 is 1.67 bits per heavy atom. The Labute approximate surface area is 86.3 Å². The van der Waals surface area contributed by atoms with E-state index in [0.29, 0.717) is 6.42 Å². The third kappa shape index (κ3) is 1.82. The molecule has 78 valence electrons. The molecule has 15 heavy (non-hydrogen) atoms. The number of carboxylic acid groups (broad SMARTS) is 1. The van der Waals surface area contributed by atoms with Gasteiger partial charge in [0.1, 0.15) is 11.9 Å². The van der Waals surface area contributed by atoms with Crippen molar-refractivity contribution in [3.05, 3.63) is 30.1 Å². The normalized spacial score (nSPS) is 12.9. The van der Waals surface area contributed by atoms with Crippen LogP contribution in [0.15, 0.2) is 24.5 Å². The molecule has 0 amide bonds. The van der Waals surface area contributed by atoms with E-state index in [9.17, 15) is 4.79 Å². The number of carboxylic acids is 1. The molecule has 1 unspecified atom stereocenters.